The number of para-hydroxylation sites is 4. The Bertz CT molecular complexity index is 2060. The predicted molar refractivity (Wildman–Crippen MR) is 207 cm³/mol. The third-order valence-corrected chi connectivity index (χ3v) is 8.90. The molecule has 2 atom stereocenters. The van der Waals surface area contributed by atoms with Crippen molar-refractivity contribution in [3.63, 3.8) is 0 Å². The molecule has 0 unspecified atom stereocenters. The first-order valence-corrected chi connectivity index (χ1v) is 18.3. The molecule has 6 aromatic rings. The number of benzene rings is 4. The van der Waals surface area contributed by atoms with Crippen LogP contribution < -0.4 is 33.7 Å². The molecular weight excluding hydrogens is 668 g/mol. The molecule has 0 spiro atoms. The summed E-state index contributed by atoms with van der Waals surface area (Å²) in [5, 5.41) is 5.65. The second-order valence-electron chi connectivity index (χ2n) is 13.1. The first-order valence-electron chi connectivity index (χ1n) is 18.3. The maximum absolute atomic E-state index is 6.01. The molecule has 10 nitrogen and oxygen atoms in total. The number of hydrogen-bond donors (Lipinski definition) is 1. The number of nitrogens with one attached hydrogen (secondary N) is 1. The molecule has 2 aromatic heterocycles. The maximum atomic E-state index is 6.01. The molecule has 10 heteroatoms. The number of rotatable bonds is 14. The second-order valence-corrected chi connectivity index (χ2v) is 13.1. The molecule has 274 valence electrons. The fourth-order valence-electron chi connectivity index (χ4n) is 6.20. The summed E-state index contributed by atoms with van der Waals surface area (Å²) < 4.78 is 35.1. The van der Waals surface area contributed by atoms with E-state index in [-0.39, 0.29) is 12.2 Å². The quantitative estimate of drug-likeness (QED) is 0.117. The monoisotopic (exact) mass is 714 g/mol. The molecule has 2 aliphatic heterocycles. The van der Waals surface area contributed by atoms with Crippen LogP contribution in [0.4, 0.5) is 0 Å². The van der Waals surface area contributed by atoms with E-state index in [4.69, 9.17) is 28.4 Å². The lowest BCUT2D eigenvalue weighted by atomic mass is 10.2. The van der Waals surface area contributed by atoms with Gasteiger partial charge in [0, 0.05) is 54.9 Å². The third kappa shape index (κ3) is 10.3. The van der Waals surface area contributed by atoms with Crippen LogP contribution in [0.25, 0.3) is 21.8 Å². The number of aromatic nitrogens is 2. The highest BCUT2D eigenvalue weighted by molar-refractivity contribution is 5.80. The van der Waals surface area contributed by atoms with Crippen molar-refractivity contribution in [2.24, 2.45) is 0 Å². The van der Waals surface area contributed by atoms with E-state index in [1.54, 1.807) is 12.4 Å². The summed E-state index contributed by atoms with van der Waals surface area (Å²) in [5.74, 6) is 5.02. The van der Waals surface area contributed by atoms with Gasteiger partial charge in [-0.15, -0.1) is 0 Å². The summed E-state index contributed by atoms with van der Waals surface area (Å²) in [4.78, 5) is 11.0. The molecule has 0 amide bonds. The van der Waals surface area contributed by atoms with Gasteiger partial charge in [0.1, 0.15) is 36.9 Å². The summed E-state index contributed by atoms with van der Waals surface area (Å²) in [6.45, 7) is 5.89. The number of nitrogens with zero attached hydrogens (tertiary/aromatic N) is 3. The second kappa shape index (κ2) is 18.3. The highest BCUT2D eigenvalue weighted by Gasteiger charge is 2.22. The van der Waals surface area contributed by atoms with Crippen molar-refractivity contribution < 1.29 is 28.4 Å². The minimum Gasteiger partial charge on any atom is -0.493 e. The van der Waals surface area contributed by atoms with Crippen molar-refractivity contribution in [1.29, 1.82) is 0 Å². The predicted octanol–water partition coefficient (Wildman–Crippen LogP) is 7.21. The molecule has 0 aliphatic carbocycles. The van der Waals surface area contributed by atoms with Crippen LogP contribution in [-0.2, 0) is 0 Å². The van der Waals surface area contributed by atoms with Gasteiger partial charge in [-0.05, 0) is 87.1 Å². The van der Waals surface area contributed by atoms with Crippen LogP contribution in [0.1, 0.15) is 12.8 Å². The van der Waals surface area contributed by atoms with E-state index in [9.17, 15) is 0 Å². The van der Waals surface area contributed by atoms with Crippen LogP contribution in [0.15, 0.2) is 122 Å². The number of hydrogen-bond acceptors (Lipinski definition) is 10. The minimum atomic E-state index is 0.0392. The Hall–Kier alpha value is -5.58. The molecule has 0 fully saturated rings. The van der Waals surface area contributed by atoms with Crippen molar-refractivity contribution in [1.82, 2.24) is 20.2 Å². The molecule has 4 aromatic carbocycles. The standard InChI is InChI=1S/C22H24N2O3.C21H22N2O3/c1-24(15-19-16-26-21-7-2-3-8-22(21)27-19)12-5-13-25-18-10-9-17-6-4-11-23-20(17)14-18;1-2-7-21-20(6-1)25-15-18(26-21)14-22-10-4-12-24-17-9-8-16-5-3-11-23-19(16)13-17/h2-4,6-11,14,19H,5,12-13,15-16H2,1H3;1-3,5-9,11,13,18,22H,4,10,12,14-15H2/t19-;18-/m00/s1. The van der Waals surface area contributed by atoms with Gasteiger partial charge in [0.05, 0.1) is 24.2 Å². The van der Waals surface area contributed by atoms with E-state index in [0.29, 0.717) is 26.4 Å². The van der Waals surface area contributed by atoms with Gasteiger partial charge in [-0.3, -0.25) is 9.97 Å². The number of fused-ring (bicyclic) bond motifs is 4. The molecule has 1 N–H and O–H groups in total. The van der Waals surface area contributed by atoms with Crippen LogP contribution in [0.2, 0.25) is 0 Å². The van der Waals surface area contributed by atoms with Crippen molar-refractivity contribution >= 4 is 21.8 Å². The minimum absolute atomic E-state index is 0.0392. The Balaban J connectivity index is 0.000000164. The molecule has 0 radical (unpaired) electrons. The van der Waals surface area contributed by atoms with E-state index < -0.39 is 0 Å². The zero-order chi connectivity index (χ0) is 36.1. The first kappa shape index (κ1) is 35.8. The van der Waals surface area contributed by atoms with Crippen molar-refractivity contribution in [3.8, 4) is 34.5 Å². The molecule has 0 saturated heterocycles. The van der Waals surface area contributed by atoms with Gasteiger partial charge < -0.3 is 38.6 Å². The van der Waals surface area contributed by atoms with Crippen LogP contribution in [0, 0.1) is 0 Å². The Morgan fingerprint density at radius 3 is 1.81 bits per heavy atom. The zero-order valence-electron chi connectivity index (χ0n) is 30.1. The Morgan fingerprint density at radius 1 is 0.642 bits per heavy atom. The summed E-state index contributed by atoms with van der Waals surface area (Å²) in [6, 6.07) is 35.6. The van der Waals surface area contributed by atoms with Gasteiger partial charge in [-0.25, -0.2) is 0 Å². The molecule has 4 heterocycles. The molecular formula is C43H46N4O6. The van der Waals surface area contributed by atoms with Crippen LogP contribution in [0.3, 0.4) is 0 Å². The lowest BCUT2D eigenvalue weighted by molar-refractivity contribution is 0.0643. The Kier molecular flexibility index (Phi) is 12.3. The summed E-state index contributed by atoms with van der Waals surface area (Å²) >= 11 is 0. The van der Waals surface area contributed by atoms with Gasteiger partial charge in [0.2, 0.25) is 0 Å². The Morgan fingerprint density at radius 2 is 1.19 bits per heavy atom. The highest BCUT2D eigenvalue weighted by atomic mass is 16.6. The summed E-state index contributed by atoms with van der Waals surface area (Å²) in [6.07, 6.45) is 5.56. The van der Waals surface area contributed by atoms with E-state index in [1.807, 2.05) is 103 Å². The van der Waals surface area contributed by atoms with Crippen molar-refractivity contribution in [2.45, 2.75) is 25.0 Å². The van der Waals surface area contributed by atoms with Gasteiger partial charge >= 0.3 is 0 Å². The van der Waals surface area contributed by atoms with Crippen LogP contribution >= 0.6 is 0 Å². The van der Waals surface area contributed by atoms with E-state index >= 15 is 0 Å². The highest BCUT2D eigenvalue weighted by Crippen LogP contribution is 2.32. The maximum Gasteiger partial charge on any atom is 0.161 e. The SMILES string of the molecule is CN(CCCOc1ccc2cccnc2c1)C[C@H]1COc2ccccc2O1.c1ccc2c(c1)OC[C@H](CNCCCOc1ccc3cccnc3c1)O2. The van der Waals surface area contributed by atoms with E-state index in [0.717, 1.165) is 95.3 Å². The number of ether oxygens (including phenoxy) is 6. The third-order valence-electron chi connectivity index (χ3n) is 8.90. The molecule has 0 bridgehead atoms. The summed E-state index contributed by atoms with van der Waals surface area (Å²) in [5.41, 5.74) is 1.92. The van der Waals surface area contributed by atoms with E-state index in [2.05, 4.69) is 33.3 Å². The normalized spacial score (nSPS) is 15.8. The molecule has 8 rings (SSSR count). The van der Waals surface area contributed by atoms with Crippen molar-refractivity contribution in [3.05, 3.63) is 122 Å². The fourth-order valence-corrected chi connectivity index (χ4v) is 6.20. The molecule has 0 saturated carbocycles. The average molecular weight is 715 g/mol. The zero-order valence-corrected chi connectivity index (χ0v) is 30.1. The fraction of sp³-hybridized carbons (Fsp3) is 0.302. The van der Waals surface area contributed by atoms with E-state index in [1.165, 1.54) is 0 Å². The Labute approximate surface area is 310 Å². The largest absolute Gasteiger partial charge is 0.493 e. The van der Waals surface area contributed by atoms with Gasteiger partial charge in [-0.2, -0.15) is 0 Å². The van der Waals surface area contributed by atoms with Gasteiger partial charge in [-0.1, -0.05) is 36.4 Å². The topological polar surface area (TPSA) is 96.4 Å². The average Bonchev–Trinajstić information content (AvgIpc) is 3.21. The van der Waals surface area contributed by atoms with Gasteiger partial charge in [0.25, 0.3) is 0 Å². The van der Waals surface area contributed by atoms with Crippen LogP contribution in [0.5, 0.6) is 34.5 Å². The summed E-state index contributed by atoms with van der Waals surface area (Å²) in [7, 11) is 2.10. The molecule has 2 aliphatic rings. The first-order chi connectivity index (χ1) is 26.2. The number of likely N-dealkylation sites (N-methyl/N-ethyl adjacent to an activating group) is 1. The van der Waals surface area contributed by atoms with Crippen LogP contribution in [-0.4, -0.2) is 86.7 Å². The lowest BCUT2D eigenvalue weighted by Gasteiger charge is -2.29. The van der Waals surface area contributed by atoms with Crippen molar-refractivity contribution in [2.75, 3.05) is 59.7 Å². The number of pyridine rings is 2. The van der Waals surface area contributed by atoms with Gasteiger partial charge in [0.15, 0.2) is 23.0 Å². The molecule has 53 heavy (non-hydrogen) atoms. The lowest BCUT2D eigenvalue weighted by Crippen LogP contribution is -2.39. The smallest absolute Gasteiger partial charge is 0.161 e.